The van der Waals surface area contributed by atoms with Gasteiger partial charge in [-0.2, -0.15) is 0 Å². The Kier molecular flexibility index (Phi) is 4.65. The molecule has 1 aromatic carbocycles. The summed E-state index contributed by atoms with van der Waals surface area (Å²) in [5.74, 6) is 0.218. The van der Waals surface area contributed by atoms with Crippen LogP contribution in [0.1, 0.15) is 31.9 Å². The van der Waals surface area contributed by atoms with Gasteiger partial charge in [0.2, 0.25) is 5.91 Å². The summed E-state index contributed by atoms with van der Waals surface area (Å²) in [7, 11) is 1.62. The van der Waals surface area contributed by atoms with Crippen LogP contribution in [0.3, 0.4) is 0 Å². The molecule has 3 heteroatoms. The number of nitrogens with one attached hydrogen (secondary N) is 1. The number of benzene rings is 1. The average Bonchev–Trinajstić information content (AvgIpc) is 2.30. The number of amides is 1. The average molecular weight is 247 g/mol. The maximum atomic E-state index is 11.9. The molecule has 0 saturated carbocycles. The second-order valence-corrected chi connectivity index (χ2v) is 5.52. The highest BCUT2D eigenvalue weighted by molar-refractivity contribution is 5.85. The fourth-order valence-electron chi connectivity index (χ4n) is 1.50. The smallest absolute Gasteiger partial charge is 0.224 e. The second kappa shape index (κ2) is 5.80. The number of Topliss-reactive ketones (excluding diaryl/α,β-unsaturated/α-hetero) is 1. The van der Waals surface area contributed by atoms with Gasteiger partial charge in [0.1, 0.15) is 5.78 Å². The Balaban J connectivity index is 2.66. The highest BCUT2D eigenvalue weighted by Crippen LogP contribution is 2.18. The summed E-state index contributed by atoms with van der Waals surface area (Å²) in [6, 6.07) is 7.64. The SMILES string of the molecule is CNC(=O)Cc1ccc(CC(=O)C(C)(C)C)cc1. The van der Waals surface area contributed by atoms with E-state index in [1.807, 2.05) is 45.0 Å². The third kappa shape index (κ3) is 4.32. The summed E-state index contributed by atoms with van der Waals surface area (Å²) >= 11 is 0. The van der Waals surface area contributed by atoms with Gasteiger partial charge in [-0.15, -0.1) is 0 Å². The number of hydrogen-bond acceptors (Lipinski definition) is 2. The van der Waals surface area contributed by atoms with Crippen molar-refractivity contribution in [3.63, 3.8) is 0 Å². The summed E-state index contributed by atoms with van der Waals surface area (Å²) in [6.07, 6.45) is 0.827. The molecule has 0 heterocycles. The molecule has 1 rings (SSSR count). The van der Waals surface area contributed by atoms with Crippen molar-refractivity contribution in [2.24, 2.45) is 5.41 Å². The van der Waals surface area contributed by atoms with Crippen molar-refractivity contribution < 1.29 is 9.59 Å². The van der Waals surface area contributed by atoms with Gasteiger partial charge in [-0.3, -0.25) is 9.59 Å². The summed E-state index contributed by atoms with van der Waals surface area (Å²) in [4.78, 5) is 23.1. The topological polar surface area (TPSA) is 46.2 Å². The van der Waals surface area contributed by atoms with Gasteiger partial charge in [-0.1, -0.05) is 45.0 Å². The fourth-order valence-corrected chi connectivity index (χ4v) is 1.50. The normalized spacial score (nSPS) is 11.1. The highest BCUT2D eigenvalue weighted by Gasteiger charge is 2.20. The molecule has 3 nitrogen and oxygen atoms in total. The van der Waals surface area contributed by atoms with Gasteiger partial charge in [0.05, 0.1) is 6.42 Å². The number of hydrogen-bond donors (Lipinski definition) is 1. The molecule has 18 heavy (non-hydrogen) atoms. The van der Waals surface area contributed by atoms with Gasteiger partial charge in [0, 0.05) is 18.9 Å². The number of carbonyl (C=O) groups excluding carboxylic acids is 2. The van der Waals surface area contributed by atoms with E-state index in [2.05, 4.69) is 5.32 Å². The summed E-state index contributed by atoms with van der Waals surface area (Å²) in [5, 5.41) is 2.59. The quantitative estimate of drug-likeness (QED) is 0.886. The lowest BCUT2D eigenvalue weighted by Crippen LogP contribution is -2.22. The van der Waals surface area contributed by atoms with Crippen molar-refractivity contribution >= 4 is 11.7 Å². The molecular formula is C15H21NO2. The Morgan fingerprint density at radius 3 is 1.83 bits per heavy atom. The van der Waals surface area contributed by atoms with Crippen LogP contribution in [-0.4, -0.2) is 18.7 Å². The molecule has 0 aromatic heterocycles. The largest absolute Gasteiger partial charge is 0.359 e. The predicted molar refractivity (Wildman–Crippen MR) is 72.4 cm³/mol. The van der Waals surface area contributed by atoms with Crippen LogP contribution in [-0.2, 0) is 22.4 Å². The van der Waals surface area contributed by atoms with E-state index >= 15 is 0 Å². The molecule has 0 spiro atoms. The second-order valence-electron chi connectivity index (χ2n) is 5.52. The number of rotatable bonds is 4. The summed E-state index contributed by atoms with van der Waals surface area (Å²) in [6.45, 7) is 5.78. The predicted octanol–water partition coefficient (Wildman–Crippen LogP) is 2.13. The lowest BCUT2D eigenvalue weighted by molar-refractivity contribution is -0.125. The zero-order valence-electron chi connectivity index (χ0n) is 11.5. The zero-order chi connectivity index (χ0) is 13.8. The maximum Gasteiger partial charge on any atom is 0.224 e. The Morgan fingerprint density at radius 1 is 1.00 bits per heavy atom. The van der Waals surface area contributed by atoms with Crippen LogP contribution < -0.4 is 5.32 Å². The minimum Gasteiger partial charge on any atom is -0.359 e. The van der Waals surface area contributed by atoms with E-state index in [4.69, 9.17) is 0 Å². The molecule has 1 amide bonds. The molecule has 0 bridgehead atoms. The van der Waals surface area contributed by atoms with Crippen LogP contribution in [0, 0.1) is 5.41 Å². The van der Waals surface area contributed by atoms with E-state index in [9.17, 15) is 9.59 Å². The van der Waals surface area contributed by atoms with E-state index in [0.29, 0.717) is 12.8 Å². The standard InChI is InChI=1S/C15H21NO2/c1-15(2,3)13(17)9-11-5-7-12(8-6-11)10-14(18)16-4/h5-8H,9-10H2,1-4H3,(H,16,18). The molecule has 0 radical (unpaired) electrons. The Morgan fingerprint density at radius 2 is 1.44 bits per heavy atom. The van der Waals surface area contributed by atoms with Gasteiger partial charge in [0.25, 0.3) is 0 Å². The number of likely N-dealkylation sites (N-methyl/N-ethyl adjacent to an activating group) is 1. The van der Waals surface area contributed by atoms with Gasteiger partial charge in [-0.05, 0) is 11.1 Å². The molecule has 0 unspecified atom stereocenters. The van der Waals surface area contributed by atoms with Crippen molar-refractivity contribution in [2.75, 3.05) is 7.05 Å². The van der Waals surface area contributed by atoms with Crippen molar-refractivity contribution in [3.05, 3.63) is 35.4 Å². The summed E-state index contributed by atoms with van der Waals surface area (Å²) < 4.78 is 0. The van der Waals surface area contributed by atoms with E-state index < -0.39 is 0 Å². The van der Waals surface area contributed by atoms with Crippen molar-refractivity contribution in [2.45, 2.75) is 33.6 Å². The van der Waals surface area contributed by atoms with E-state index in [0.717, 1.165) is 11.1 Å². The van der Waals surface area contributed by atoms with Crippen LogP contribution in [0.2, 0.25) is 0 Å². The third-order valence-electron chi connectivity index (χ3n) is 2.87. The number of ketones is 1. The van der Waals surface area contributed by atoms with Crippen LogP contribution in [0.15, 0.2) is 24.3 Å². The third-order valence-corrected chi connectivity index (χ3v) is 2.87. The monoisotopic (exact) mass is 247 g/mol. The lowest BCUT2D eigenvalue weighted by Gasteiger charge is -2.16. The molecule has 0 saturated heterocycles. The summed E-state index contributed by atoms with van der Waals surface area (Å²) in [5.41, 5.74) is 1.65. The minimum absolute atomic E-state index is 0.00600. The first-order valence-electron chi connectivity index (χ1n) is 6.14. The van der Waals surface area contributed by atoms with Gasteiger partial charge in [-0.25, -0.2) is 0 Å². The first-order valence-corrected chi connectivity index (χ1v) is 6.14. The van der Waals surface area contributed by atoms with Gasteiger partial charge >= 0.3 is 0 Å². The van der Waals surface area contributed by atoms with Crippen LogP contribution >= 0.6 is 0 Å². The zero-order valence-corrected chi connectivity index (χ0v) is 11.5. The van der Waals surface area contributed by atoms with E-state index in [-0.39, 0.29) is 17.1 Å². The highest BCUT2D eigenvalue weighted by atomic mass is 16.1. The van der Waals surface area contributed by atoms with E-state index in [1.165, 1.54) is 0 Å². The first kappa shape index (κ1) is 14.4. The van der Waals surface area contributed by atoms with Crippen molar-refractivity contribution in [1.29, 1.82) is 0 Å². The molecule has 0 aliphatic carbocycles. The van der Waals surface area contributed by atoms with Gasteiger partial charge < -0.3 is 5.32 Å². The molecule has 0 atom stereocenters. The van der Waals surface area contributed by atoms with Crippen LogP contribution in [0.4, 0.5) is 0 Å². The van der Waals surface area contributed by atoms with Crippen LogP contribution in [0.25, 0.3) is 0 Å². The minimum atomic E-state index is -0.305. The Labute approximate surface area is 109 Å². The first-order chi connectivity index (χ1) is 8.32. The molecular weight excluding hydrogens is 226 g/mol. The molecule has 98 valence electrons. The Bertz CT molecular complexity index is 427. The van der Waals surface area contributed by atoms with Crippen molar-refractivity contribution in [3.8, 4) is 0 Å². The molecule has 1 aromatic rings. The number of carbonyl (C=O) groups is 2. The molecule has 0 fully saturated rings. The molecule has 0 aliphatic heterocycles. The van der Waals surface area contributed by atoms with Crippen molar-refractivity contribution in [1.82, 2.24) is 5.32 Å². The maximum absolute atomic E-state index is 11.9. The fraction of sp³-hybridized carbons (Fsp3) is 0.467. The van der Waals surface area contributed by atoms with Gasteiger partial charge in [0.15, 0.2) is 0 Å². The van der Waals surface area contributed by atoms with E-state index in [1.54, 1.807) is 7.05 Å². The molecule has 1 N–H and O–H groups in total. The Hall–Kier alpha value is -1.64. The van der Waals surface area contributed by atoms with Crippen LogP contribution in [0.5, 0.6) is 0 Å². The molecule has 0 aliphatic rings. The lowest BCUT2D eigenvalue weighted by atomic mass is 9.87.